The molecule has 0 aliphatic rings. The molecule has 7 nitrogen and oxygen atoms in total. The maximum atomic E-state index is 12.9. The van der Waals surface area contributed by atoms with Crippen LogP contribution >= 0.6 is 0 Å². The van der Waals surface area contributed by atoms with Crippen LogP contribution in [0.3, 0.4) is 0 Å². The van der Waals surface area contributed by atoms with E-state index < -0.39 is 6.04 Å². The van der Waals surface area contributed by atoms with Gasteiger partial charge in [-0.1, -0.05) is 31.2 Å². The van der Waals surface area contributed by atoms with E-state index in [2.05, 4.69) is 15.6 Å². The van der Waals surface area contributed by atoms with Crippen molar-refractivity contribution in [3.05, 3.63) is 64.4 Å². The summed E-state index contributed by atoms with van der Waals surface area (Å²) < 4.78 is 1.13. The van der Waals surface area contributed by atoms with Gasteiger partial charge in [-0.05, 0) is 49.2 Å². The van der Waals surface area contributed by atoms with Gasteiger partial charge in [0, 0.05) is 11.3 Å². The number of hydrogen-bond donors (Lipinski definition) is 1. The van der Waals surface area contributed by atoms with Gasteiger partial charge in [-0.3, -0.25) is 14.4 Å². The monoisotopic (exact) mass is 364 g/mol. The summed E-state index contributed by atoms with van der Waals surface area (Å²) in [7, 11) is 0. The molecule has 1 atom stereocenters. The van der Waals surface area contributed by atoms with Crippen molar-refractivity contribution in [2.75, 3.05) is 5.32 Å². The Morgan fingerprint density at radius 2 is 1.70 bits per heavy atom. The lowest BCUT2D eigenvalue weighted by Crippen LogP contribution is -2.38. The zero-order valence-corrected chi connectivity index (χ0v) is 15.3. The van der Waals surface area contributed by atoms with Crippen molar-refractivity contribution in [1.82, 2.24) is 15.0 Å². The first-order chi connectivity index (χ1) is 12.9. The molecule has 0 bridgehead atoms. The molecule has 0 radical (unpaired) electrons. The largest absolute Gasteiger partial charge is 0.324 e. The molecular formula is C20H20N4O3. The Kier molecular flexibility index (Phi) is 5.12. The average molecular weight is 364 g/mol. The number of carbonyl (C=O) groups excluding carboxylic acids is 2. The third-order valence-electron chi connectivity index (χ3n) is 4.31. The number of anilines is 1. The molecule has 3 rings (SSSR count). The second-order valence-electron chi connectivity index (χ2n) is 6.67. The summed E-state index contributed by atoms with van der Waals surface area (Å²) in [5, 5.41) is 11.2. The summed E-state index contributed by atoms with van der Waals surface area (Å²) in [5.41, 5.74) is 1.23. The van der Waals surface area contributed by atoms with Crippen LogP contribution in [-0.2, 0) is 4.79 Å². The molecule has 0 aliphatic carbocycles. The quantitative estimate of drug-likeness (QED) is 0.703. The van der Waals surface area contributed by atoms with Gasteiger partial charge in [0.1, 0.15) is 11.6 Å². The van der Waals surface area contributed by atoms with E-state index in [1.54, 1.807) is 48.5 Å². The van der Waals surface area contributed by atoms with Gasteiger partial charge in [0.25, 0.3) is 5.56 Å². The zero-order valence-electron chi connectivity index (χ0n) is 15.3. The third-order valence-corrected chi connectivity index (χ3v) is 4.31. The second kappa shape index (κ2) is 7.49. The van der Waals surface area contributed by atoms with E-state index >= 15 is 0 Å². The molecule has 7 heteroatoms. The molecule has 3 aromatic rings. The van der Waals surface area contributed by atoms with Crippen molar-refractivity contribution < 1.29 is 9.59 Å². The topological polar surface area (TPSA) is 93.9 Å². The first-order valence-corrected chi connectivity index (χ1v) is 8.64. The molecule has 1 aromatic heterocycles. The standard InChI is InChI=1S/C20H20N4O3/c1-12(2)18(19(26)21-15-10-8-14(9-11-15)13(3)25)24-20(27)16-6-4-5-7-17(16)22-23-24/h4-12,18H,1-3H3,(H,21,26)/t18-/m0/s1. The lowest BCUT2D eigenvalue weighted by molar-refractivity contribution is -0.120. The number of nitrogens with zero attached hydrogens (tertiary/aromatic N) is 3. The van der Waals surface area contributed by atoms with E-state index in [4.69, 9.17) is 0 Å². The fraction of sp³-hybridized carbons (Fsp3) is 0.250. The van der Waals surface area contributed by atoms with Gasteiger partial charge in [-0.2, -0.15) is 4.68 Å². The summed E-state index contributed by atoms with van der Waals surface area (Å²) >= 11 is 0. The van der Waals surface area contributed by atoms with Crippen LogP contribution in [0.15, 0.2) is 53.3 Å². The van der Waals surface area contributed by atoms with E-state index in [9.17, 15) is 14.4 Å². The fourth-order valence-electron chi connectivity index (χ4n) is 2.88. The molecule has 0 saturated heterocycles. The minimum atomic E-state index is -0.818. The van der Waals surface area contributed by atoms with Crippen LogP contribution in [0.25, 0.3) is 10.9 Å². The molecule has 0 unspecified atom stereocenters. The van der Waals surface area contributed by atoms with Crippen LogP contribution in [-0.4, -0.2) is 26.7 Å². The molecule has 1 amide bonds. The van der Waals surface area contributed by atoms with Gasteiger partial charge in [-0.25, -0.2) is 0 Å². The number of aromatic nitrogens is 3. The summed E-state index contributed by atoms with van der Waals surface area (Å²) in [6.07, 6.45) is 0. The van der Waals surface area contributed by atoms with Crippen LogP contribution in [0.5, 0.6) is 0 Å². The van der Waals surface area contributed by atoms with Gasteiger partial charge in [-0.15, -0.1) is 5.10 Å². The Hall–Kier alpha value is -3.35. The first kappa shape index (κ1) is 18.4. The summed E-state index contributed by atoms with van der Waals surface area (Å²) in [5.74, 6) is -0.604. The van der Waals surface area contributed by atoms with Gasteiger partial charge in [0.15, 0.2) is 5.78 Å². The summed E-state index contributed by atoms with van der Waals surface area (Å²) in [4.78, 5) is 37.0. The Morgan fingerprint density at radius 1 is 1.04 bits per heavy atom. The van der Waals surface area contributed by atoms with E-state index in [-0.39, 0.29) is 23.2 Å². The Morgan fingerprint density at radius 3 is 2.33 bits per heavy atom. The minimum Gasteiger partial charge on any atom is -0.324 e. The molecule has 1 heterocycles. The number of Topliss-reactive ketones (excluding diaryl/α,β-unsaturated/α-hetero) is 1. The third kappa shape index (κ3) is 3.76. The Labute approximate surface area is 156 Å². The van der Waals surface area contributed by atoms with E-state index in [1.807, 2.05) is 13.8 Å². The SMILES string of the molecule is CC(=O)c1ccc(NC(=O)[C@H](C(C)C)n2nnc3ccccc3c2=O)cc1. The van der Waals surface area contributed by atoms with Gasteiger partial charge in [0.2, 0.25) is 5.91 Å². The number of hydrogen-bond acceptors (Lipinski definition) is 5. The van der Waals surface area contributed by atoms with Crippen LogP contribution < -0.4 is 10.9 Å². The fourth-order valence-corrected chi connectivity index (χ4v) is 2.88. The van der Waals surface area contributed by atoms with E-state index in [1.165, 1.54) is 6.92 Å². The molecule has 0 saturated carbocycles. The normalized spacial score (nSPS) is 12.1. The number of carbonyl (C=O) groups is 2. The number of rotatable bonds is 5. The Bertz CT molecular complexity index is 1050. The van der Waals surface area contributed by atoms with Gasteiger partial charge < -0.3 is 5.32 Å². The van der Waals surface area contributed by atoms with Gasteiger partial charge >= 0.3 is 0 Å². The number of ketones is 1. The molecule has 0 aliphatic heterocycles. The lowest BCUT2D eigenvalue weighted by atomic mass is 10.0. The first-order valence-electron chi connectivity index (χ1n) is 8.64. The van der Waals surface area contributed by atoms with Crippen molar-refractivity contribution in [3.8, 4) is 0 Å². The highest BCUT2D eigenvalue weighted by atomic mass is 16.2. The minimum absolute atomic E-state index is 0.0501. The lowest BCUT2D eigenvalue weighted by Gasteiger charge is -2.21. The predicted molar refractivity (Wildman–Crippen MR) is 103 cm³/mol. The molecule has 0 spiro atoms. The molecule has 2 aromatic carbocycles. The maximum Gasteiger partial charge on any atom is 0.278 e. The molecular weight excluding hydrogens is 344 g/mol. The summed E-state index contributed by atoms with van der Waals surface area (Å²) in [6.45, 7) is 5.16. The van der Waals surface area contributed by atoms with Crippen LogP contribution in [0.1, 0.15) is 37.2 Å². The van der Waals surface area contributed by atoms with Crippen molar-refractivity contribution in [2.24, 2.45) is 5.92 Å². The van der Waals surface area contributed by atoms with E-state index in [0.29, 0.717) is 22.2 Å². The average Bonchev–Trinajstić information content (AvgIpc) is 2.64. The number of amides is 1. The van der Waals surface area contributed by atoms with Crippen LogP contribution in [0, 0.1) is 5.92 Å². The number of benzene rings is 2. The summed E-state index contributed by atoms with van der Waals surface area (Å²) in [6, 6.07) is 12.7. The second-order valence-corrected chi connectivity index (χ2v) is 6.67. The highest BCUT2D eigenvalue weighted by molar-refractivity contribution is 5.96. The number of nitrogens with one attached hydrogen (secondary N) is 1. The van der Waals surface area contributed by atoms with Crippen molar-refractivity contribution in [1.29, 1.82) is 0 Å². The van der Waals surface area contributed by atoms with Crippen molar-refractivity contribution in [3.63, 3.8) is 0 Å². The maximum absolute atomic E-state index is 12.9. The molecule has 1 N–H and O–H groups in total. The van der Waals surface area contributed by atoms with Crippen molar-refractivity contribution >= 4 is 28.3 Å². The molecule has 0 fully saturated rings. The van der Waals surface area contributed by atoms with Crippen molar-refractivity contribution in [2.45, 2.75) is 26.8 Å². The Balaban J connectivity index is 1.93. The van der Waals surface area contributed by atoms with Crippen LogP contribution in [0.2, 0.25) is 0 Å². The molecule has 138 valence electrons. The number of fused-ring (bicyclic) bond motifs is 1. The van der Waals surface area contributed by atoms with Crippen LogP contribution in [0.4, 0.5) is 5.69 Å². The van der Waals surface area contributed by atoms with Gasteiger partial charge in [0.05, 0.1) is 5.39 Å². The predicted octanol–water partition coefficient (Wildman–Crippen LogP) is 2.83. The highest BCUT2D eigenvalue weighted by Gasteiger charge is 2.27. The highest BCUT2D eigenvalue weighted by Crippen LogP contribution is 2.19. The molecule has 27 heavy (non-hydrogen) atoms. The van der Waals surface area contributed by atoms with E-state index in [0.717, 1.165) is 4.68 Å². The smallest absolute Gasteiger partial charge is 0.278 e. The zero-order chi connectivity index (χ0) is 19.6.